The lowest BCUT2D eigenvalue weighted by Crippen LogP contribution is -2.18. The quantitative estimate of drug-likeness (QED) is 0.789. The Hall–Kier alpha value is -1.64. The van der Waals surface area contributed by atoms with E-state index in [0.29, 0.717) is 17.3 Å². The highest BCUT2D eigenvalue weighted by Crippen LogP contribution is 2.30. The molecule has 1 aliphatic rings. The number of anilines is 1. The van der Waals surface area contributed by atoms with Gasteiger partial charge in [0.1, 0.15) is 5.82 Å². The molecule has 0 bridgehead atoms. The molecule has 1 saturated carbocycles. The van der Waals surface area contributed by atoms with Gasteiger partial charge in [-0.05, 0) is 30.9 Å². The Balaban J connectivity index is 1.95. The van der Waals surface area contributed by atoms with E-state index in [9.17, 15) is 4.79 Å². The van der Waals surface area contributed by atoms with Gasteiger partial charge < -0.3 is 5.32 Å². The minimum absolute atomic E-state index is 0.0920. The lowest BCUT2D eigenvalue weighted by Gasteiger charge is -2.12. The predicted octanol–water partition coefficient (Wildman–Crippen LogP) is 2.77. The third-order valence-electron chi connectivity index (χ3n) is 3.05. The van der Waals surface area contributed by atoms with Crippen LogP contribution in [0.3, 0.4) is 0 Å². The Morgan fingerprint density at radius 3 is 2.75 bits per heavy atom. The summed E-state index contributed by atoms with van der Waals surface area (Å²) in [4.78, 5) is 15.9. The van der Waals surface area contributed by atoms with Crippen LogP contribution in [0.2, 0.25) is 0 Å². The lowest BCUT2D eigenvalue weighted by molar-refractivity contribution is -0.113. The van der Waals surface area contributed by atoms with Gasteiger partial charge in [0.2, 0.25) is 0 Å². The number of carbonyl (C=O) groups is 1. The molecule has 0 unspecified atom stereocenters. The van der Waals surface area contributed by atoms with E-state index in [-0.39, 0.29) is 5.91 Å². The highest BCUT2D eigenvalue weighted by molar-refractivity contribution is 6.03. The first-order chi connectivity index (χ1) is 7.77. The molecule has 0 radical (unpaired) electrons. The van der Waals surface area contributed by atoms with E-state index in [2.05, 4.69) is 16.9 Å². The average Bonchev–Trinajstić information content (AvgIpc) is 2.83. The molecule has 3 heteroatoms. The predicted molar refractivity (Wildman–Crippen MR) is 64.0 cm³/mol. The van der Waals surface area contributed by atoms with Gasteiger partial charge in [0.05, 0.1) is 0 Å². The van der Waals surface area contributed by atoms with Gasteiger partial charge in [-0.25, -0.2) is 4.98 Å². The van der Waals surface area contributed by atoms with Crippen LogP contribution in [0.15, 0.2) is 36.5 Å². The zero-order valence-corrected chi connectivity index (χ0v) is 9.28. The van der Waals surface area contributed by atoms with Crippen LogP contribution >= 0.6 is 0 Å². The maximum absolute atomic E-state index is 11.8. The highest BCUT2D eigenvalue weighted by atomic mass is 16.1. The van der Waals surface area contributed by atoms with Crippen molar-refractivity contribution >= 4 is 11.7 Å². The first-order valence-electron chi connectivity index (χ1n) is 5.68. The summed E-state index contributed by atoms with van der Waals surface area (Å²) < 4.78 is 0. The minimum Gasteiger partial charge on any atom is -0.307 e. The second kappa shape index (κ2) is 4.92. The van der Waals surface area contributed by atoms with Gasteiger partial charge in [-0.2, -0.15) is 0 Å². The molecule has 1 aliphatic carbocycles. The van der Waals surface area contributed by atoms with Crippen LogP contribution in [0.5, 0.6) is 0 Å². The number of nitrogens with zero attached hydrogens (tertiary/aromatic N) is 1. The van der Waals surface area contributed by atoms with Gasteiger partial charge in [0.15, 0.2) is 0 Å². The average molecular weight is 216 g/mol. The first-order valence-corrected chi connectivity index (χ1v) is 5.68. The smallest absolute Gasteiger partial charge is 0.252 e. The molecular weight excluding hydrogens is 200 g/mol. The van der Waals surface area contributed by atoms with Crippen LogP contribution in [0.4, 0.5) is 5.82 Å². The highest BCUT2D eigenvalue weighted by Gasteiger charge is 2.22. The summed E-state index contributed by atoms with van der Waals surface area (Å²) in [6.07, 6.45) is 6.26. The van der Waals surface area contributed by atoms with E-state index in [1.54, 1.807) is 12.3 Å². The van der Waals surface area contributed by atoms with E-state index < -0.39 is 0 Å². The summed E-state index contributed by atoms with van der Waals surface area (Å²) in [5.74, 6) is 0.862. The van der Waals surface area contributed by atoms with Crippen LogP contribution in [0.1, 0.15) is 25.7 Å². The zero-order valence-electron chi connectivity index (χ0n) is 9.28. The summed E-state index contributed by atoms with van der Waals surface area (Å²) in [6.45, 7) is 3.89. The number of rotatable bonds is 3. The molecule has 3 nitrogen and oxygen atoms in total. The number of nitrogens with one attached hydrogen (secondary N) is 1. The van der Waals surface area contributed by atoms with E-state index in [4.69, 9.17) is 0 Å². The second-order valence-electron chi connectivity index (χ2n) is 4.18. The summed E-state index contributed by atoms with van der Waals surface area (Å²) >= 11 is 0. The fourth-order valence-corrected chi connectivity index (χ4v) is 2.09. The van der Waals surface area contributed by atoms with Crippen LogP contribution in [-0.2, 0) is 4.79 Å². The molecule has 2 rings (SSSR count). The fraction of sp³-hybridized carbons (Fsp3) is 0.385. The third-order valence-corrected chi connectivity index (χ3v) is 3.05. The van der Waals surface area contributed by atoms with Crippen LogP contribution in [0.25, 0.3) is 0 Å². The SMILES string of the molecule is C=C(C(=O)Nc1ccccn1)C1CCCC1. The second-order valence-corrected chi connectivity index (χ2v) is 4.18. The van der Waals surface area contributed by atoms with E-state index in [0.717, 1.165) is 12.8 Å². The Labute approximate surface area is 95.6 Å². The molecule has 1 aromatic rings. The molecule has 16 heavy (non-hydrogen) atoms. The molecular formula is C13H16N2O. The standard InChI is InChI=1S/C13H16N2O/c1-10(11-6-2-3-7-11)13(16)15-12-8-4-5-9-14-12/h4-5,8-9,11H,1-3,6-7H2,(H,14,15,16). The van der Waals surface area contributed by atoms with E-state index >= 15 is 0 Å². The Morgan fingerprint density at radius 2 is 2.12 bits per heavy atom. The molecule has 0 aromatic carbocycles. The molecule has 1 fully saturated rings. The summed E-state index contributed by atoms with van der Waals surface area (Å²) in [7, 11) is 0. The van der Waals surface area contributed by atoms with Crippen molar-refractivity contribution in [1.29, 1.82) is 0 Å². The maximum Gasteiger partial charge on any atom is 0.252 e. The van der Waals surface area contributed by atoms with Gasteiger partial charge in [0, 0.05) is 11.8 Å². The van der Waals surface area contributed by atoms with Gasteiger partial charge >= 0.3 is 0 Å². The van der Waals surface area contributed by atoms with Gasteiger partial charge in [-0.1, -0.05) is 25.5 Å². The van der Waals surface area contributed by atoms with Crippen molar-refractivity contribution in [3.63, 3.8) is 0 Å². The van der Waals surface area contributed by atoms with Crippen LogP contribution < -0.4 is 5.32 Å². The van der Waals surface area contributed by atoms with Crippen LogP contribution in [-0.4, -0.2) is 10.9 Å². The van der Waals surface area contributed by atoms with Crippen molar-refractivity contribution in [1.82, 2.24) is 4.98 Å². The molecule has 1 heterocycles. The number of hydrogen-bond acceptors (Lipinski definition) is 2. The molecule has 1 N–H and O–H groups in total. The molecule has 0 saturated heterocycles. The van der Waals surface area contributed by atoms with E-state index in [1.807, 2.05) is 12.1 Å². The van der Waals surface area contributed by atoms with Crippen molar-refractivity contribution in [3.8, 4) is 0 Å². The lowest BCUT2D eigenvalue weighted by atomic mass is 9.98. The number of pyridine rings is 1. The summed E-state index contributed by atoms with van der Waals surface area (Å²) in [5, 5.41) is 2.77. The van der Waals surface area contributed by atoms with Crippen LogP contribution in [0, 0.1) is 5.92 Å². The molecule has 0 spiro atoms. The van der Waals surface area contributed by atoms with Gasteiger partial charge in [0.25, 0.3) is 5.91 Å². The molecule has 84 valence electrons. The summed E-state index contributed by atoms with van der Waals surface area (Å²) in [5.41, 5.74) is 0.697. The zero-order chi connectivity index (χ0) is 11.4. The van der Waals surface area contributed by atoms with E-state index in [1.165, 1.54) is 12.8 Å². The monoisotopic (exact) mass is 216 g/mol. The molecule has 0 aliphatic heterocycles. The number of carbonyl (C=O) groups excluding carboxylic acids is 1. The maximum atomic E-state index is 11.8. The Morgan fingerprint density at radius 1 is 1.38 bits per heavy atom. The minimum atomic E-state index is -0.0920. The third kappa shape index (κ3) is 2.48. The number of hydrogen-bond donors (Lipinski definition) is 1. The normalized spacial score (nSPS) is 16.0. The first kappa shape index (κ1) is 10.9. The number of amides is 1. The van der Waals surface area contributed by atoms with Crippen molar-refractivity contribution in [3.05, 3.63) is 36.5 Å². The van der Waals surface area contributed by atoms with Crippen molar-refractivity contribution < 1.29 is 4.79 Å². The fourth-order valence-electron chi connectivity index (χ4n) is 2.09. The Kier molecular flexibility index (Phi) is 3.34. The summed E-state index contributed by atoms with van der Waals surface area (Å²) in [6, 6.07) is 5.45. The largest absolute Gasteiger partial charge is 0.307 e. The Bertz CT molecular complexity index is 380. The molecule has 0 atom stereocenters. The molecule has 1 aromatic heterocycles. The van der Waals surface area contributed by atoms with Gasteiger partial charge in [-0.15, -0.1) is 0 Å². The molecule has 1 amide bonds. The van der Waals surface area contributed by atoms with Gasteiger partial charge in [-0.3, -0.25) is 4.79 Å². The van der Waals surface area contributed by atoms with Crippen molar-refractivity contribution in [2.75, 3.05) is 5.32 Å². The van der Waals surface area contributed by atoms with Crippen molar-refractivity contribution in [2.24, 2.45) is 5.92 Å². The topological polar surface area (TPSA) is 42.0 Å². The number of aromatic nitrogens is 1. The van der Waals surface area contributed by atoms with Crippen molar-refractivity contribution in [2.45, 2.75) is 25.7 Å².